The third-order valence-electron chi connectivity index (χ3n) is 5.46. The molecule has 1 aliphatic heterocycles. The molecule has 35 heavy (non-hydrogen) atoms. The number of nitrogens with zero attached hydrogens (tertiary/aromatic N) is 3. The molecule has 2 heterocycles. The maximum Gasteiger partial charge on any atom is 0.243 e. The number of aromatic nitrogens is 1. The second kappa shape index (κ2) is 10.7. The molecule has 0 spiro atoms. The molecule has 4 rings (SSSR count). The van der Waals surface area contributed by atoms with Gasteiger partial charge in [0.15, 0.2) is 11.5 Å². The van der Waals surface area contributed by atoms with Crippen LogP contribution in [0.5, 0.6) is 11.5 Å². The van der Waals surface area contributed by atoms with E-state index in [4.69, 9.17) is 14.2 Å². The van der Waals surface area contributed by atoms with E-state index >= 15 is 0 Å². The van der Waals surface area contributed by atoms with Crippen LogP contribution in [0.15, 0.2) is 57.8 Å². The van der Waals surface area contributed by atoms with Crippen LogP contribution in [0.25, 0.3) is 11.3 Å². The normalized spacial score (nSPS) is 19.1. The number of anilines is 1. The highest BCUT2D eigenvalue weighted by Crippen LogP contribution is 2.30. The minimum Gasteiger partial charge on any atom is -0.493 e. The number of hydrogen-bond donors (Lipinski definition) is 1. The summed E-state index contributed by atoms with van der Waals surface area (Å²) in [7, 11) is -0.488. The van der Waals surface area contributed by atoms with Crippen LogP contribution >= 0.6 is 11.3 Å². The molecule has 1 aliphatic rings. The number of sulfonamides is 1. The molecular formula is C24H28N4O5S2. The molecule has 1 saturated heterocycles. The monoisotopic (exact) mass is 516 g/mol. The zero-order valence-corrected chi connectivity index (χ0v) is 21.6. The van der Waals surface area contributed by atoms with Gasteiger partial charge in [-0.2, -0.15) is 9.41 Å². The largest absolute Gasteiger partial charge is 0.493 e. The minimum absolute atomic E-state index is 0.152. The second-order valence-electron chi connectivity index (χ2n) is 8.10. The van der Waals surface area contributed by atoms with Crippen molar-refractivity contribution in [3.8, 4) is 22.8 Å². The smallest absolute Gasteiger partial charge is 0.243 e. The van der Waals surface area contributed by atoms with Crippen LogP contribution in [0.1, 0.15) is 19.4 Å². The van der Waals surface area contributed by atoms with Crippen molar-refractivity contribution in [3.63, 3.8) is 0 Å². The maximum absolute atomic E-state index is 13.2. The zero-order valence-electron chi connectivity index (χ0n) is 20.0. The van der Waals surface area contributed by atoms with Gasteiger partial charge in [-0.05, 0) is 38.1 Å². The van der Waals surface area contributed by atoms with E-state index in [0.29, 0.717) is 41.0 Å². The van der Waals surface area contributed by atoms with Crippen LogP contribution in [-0.2, 0) is 14.8 Å². The Kier molecular flexibility index (Phi) is 7.70. The van der Waals surface area contributed by atoms with Crippen molar-refractivity contribution in [2.45, 2.75) is 31.0 Å². The van der Waals surface area contributed by atoms with Crippen molar-refractivity contribution >= 4 is 32.7 Å². The Morgan fingerprint density at radius 1 is 1.14 bits per heavy atom. The third kappa shape index (κ3) is 5.64. The number of methoxy groups -OCH3 is 2. The van der Waals surface area contributed by atoms with E-state index in [1.807, 2.05) is 43.5 Å². The van der Waals surface area contributed by atoms with Crippen molar-refractivity contribution < 1.29 is 22.6 Å². The van der Waals surface area contributed by atoms with Crippen LogP contribution in [0, 0.1) is 0 Å². The summed E-state index contributed by atoms with van der Waals surface area (Å²) in [6.45, 7) is 4.42. The van der Waals surface area contributed by atoms with Crippen LogP contribution < -0.4 is 14.9 Å². The van der Waals surface area contributed by atoms with E-state index < -0.39 is 10.0 Å². The predicted octanol–water partition coefficient (Wildman–Crippen LogP) is 4.07. The number of ether oxygens (including phenoxy) is 3. The zero-order chi connectivity index (χ0) is 25.0. The summed E-state index contributed by atoms with van der Waals surface area (Å²) in [6.07, 6.45) is 1.32. The molecule has 0 radical (unpaired) electrons. The quantitative estimate of drug-likeness (QED) is 0.356. The lowest BCUT2D eigenvalue weighted by molar-refractivity contribution is -0.0440. The number of benzene rings is 2. The highest BCUT2D eigenvalue weighted by Gasteiger charge is 2.32. The molecule has 1 aromatic heterocycles. The SMILES string of the molecule is COc1cccc(C=NNc2nc(-c3cccc(S(=O)(=O)N4CC(C)OC(C)C4)c3)cs2)c1OC. The second-order valence-corrected chi connectivity index (χ2v) is 10.9. The first-order chi connectivity index (χ1) is 16.8. The summed E-state index contributed by atoms with van der Waals surface area (Å²) in [5.41, 5.74) is 5.04. The van der Waals surface area contributed by atoms with Gasteiger partial charge in [0.2, 0.25) is 15.2 Å². The molecule has 11 heteroatoms. The van der Waals surface area contributed by atoms with Gasteiger partial charge in [0.1, 0.15) is 0 Å². The lowest BCUT2D eigenvalue weighted by Crippen LogP contribution is -2.48. The Hall–Kier alpha value is -2.99. The van der Waals surface area contributed by atoms with Crippen molar-refractivity contribution in [2.24, 2.45) is 5.10 Å². The molecular weight excluding hydrogens is 488 g/mol. The van der Waals surface area contributed by atoms with Gasteiger partial charge >= 0.3 is 0 Å². The van der Waals surface area contributed by atoms with E-state index in [-0.39, 0.29) is 17.1 Å². The highest BCUT2D eigenvalue weighted by molar-refractivity contribution is 7.89. The lowest BCUT2D eigenvalue weighted by atomic mass is 10.2. The number of para-hydroxylation sites is 1. The molecule has 2 aromatic carbocycles. The number of nitrogens with one attached hydrogen (secondary N) is 1. The molecule has 1 N–H and O–H groups in total. The molecule has 0 bridgehead atoms. The fourth-order valence-corrected chi connectivity index (χ4v) is 6.23. The molecule has 3 aromatic rings. The molecule has 2 unspecified atom stereocenters. The Labute approximate surface area is 209 Å². The molecule has 0 amide bonds. The van der Waals surface area contributed by atoms with E-state index in [1.165, 1.54) is 15.6 Å². The first kappa shape index (κ1) is 25.1. The number of hydrogen-bond acceptors (Lipinski definition) is 9. The number of rotatable bonds is 8. The van der Waals surface area contributed by atoms with Crippen LogP contribution in [0.3, 0.4) is 0 Å². The molecule has 0 saturated carbocycles. The minimum atomic E-state index is -3.64. The Bertz CT molecular complexity index is 1300. The fraction of sp³-hybridized carbons (Fsp3) is 0.333. The summed E-state index contributed by atoms with van der Waals surface area (Å²) in [5, 5.41) is 6.69. The third-order valence-corrected chi connectivity index (χ3v) is 8.03. The maximum atomic E-state index is 13.2. The molecule has 2 atom stereocenters. The van der Waals surface area contributed by atoms with Crippen LogP contribution in [0.2, 0.25) is 0 Å². The van der Waals surface area contributed by atoms with Crippen molar-refractivity contribution in [2.75, 3.05) is 32.7 Å². The van der Waals surface area contributed by atoms with Crippen LogP contribution in [-0.4, -0.2) is 63.4 Å². The summed E-state index contributed by atoms with van der Waals surface area (Å²) < 4.78 is 44.4. The average Bonchev–Trinajstić information content (AvgIpc) is 3.32. The predicted molar refractivity (Wildman–Crippen MR) is 137 cm³/mol. The van der Waals surface area contributed by atoms with Gasteiger partial charge in [-0.15, -0.1) is 11.3 Å². The van der Waals surface area contributed by atoms with Gasteiger partial charge in [-0.1, -0.05) is 18.2 Å². The van der Waals surface area contributed by atoms with Gasteiger partial charge in [0.05, 0.1) is 43.2 Å². The van der Waals surface area contributed by atoms with E-state index in [9.17, 15) is 8.42 Å². The van der Waals surface area contributed by atoms with Gasteiger partial charge in [0, 0.05) is 29.6 Å². The first-order valence-corrected chi connectivity index (χ1v) is 13.4. The van der Waals surface area contributed by atoms with Crippen molar-refractivity contribution in [3.05, 3.63) is 53.4 Å². The first-order valence-electron chi connectivity index (χ1n) is 11.0. The summed E-state index contributed by atoms with van der Waals surface area (Å²) in [5.74, 6) is 1.20. The van der Waals surface area contributed by atoms with Gasteiger partial charge in [-0.3, -0.25) is 5.43 Å². The molecule has 0 aliphatic carbocycles. The number of thiazole rings is 1. The number of hydrazone groups is 1. The lowest BCUT2D eigenvalue weighted by Gasteiger charge is -2.34. The molecule has 186 valence electrons. The summed E-state index contributed by atoms with van der Waals surface area (Å²) >= 11 is 1.37. The van der Waals surface area contributed by atoms with E-state index in [2.05, 4.69) is 15.5 Å². The number of morpholine rings is 1. The van der Waals surface area contributed by atoms with E-state index in [1.54, 1.807) is 38.6 Å². The van der Waals surface area contributed by atoms with Crippen molar-refractivity contribution in [1.29, 1.82) is 0 Å². The Balaban J connectivity index is 1.50. The summed E-state index contributed by atoms with van der Waals surface area (Å²) in [4.78, 5) is 4.79. The van der Waals surface area contributed by atoms with Gasteiger partial charge in [-0.25, -0.2) is 13.4 Å². The molecule has 9 nitrogen and oxygen atoms in total. The average molecular weight is 517 g/mol. The van der Waals surface area contributed by atoms with Crippen LogP contribution in [0.4, 0.5) is 5.13 Å². The van der Waals surface area contributed by atoms with Gasteiger partial charge in [0.25, 0.3) is 0 Å². The fourth-order valence-electron chi connectivity index (χ4n) is 3.92. The van der Waals surface area contributed by atoms with Gasteiger partial charge < -0.3 is 14.2 Å². The Morgan fingerprint density at radius 3 is 2.60 bits per heavy atom. The standard InChI is InChI=1S/C24H28N4O5S2/c1-16-13-28(14-17(2)33-16)35(29,30)20-9-5-7-18(11-20)21-15-34-24(26-21)27-25-12-19-8-6-10-22(31-3)23(19)32-4/h5-12,15-17H,13-14H2,1-4H3,(H,26,27). The Morgan fingerprint density at radius 2 is 1.89 bits per heavy atom. The molecule has 1 fully saturated rings. The van der Waals surface area contributed by atoms with E-state index in [0.717, 1.165) is 5.56 Å². The summed E-state index contributed by atoms with van der Waals surface area (Å²) in [6, 6.07) is 12.4. The van der Waals surface area contributed by atoms with Crippen molar-refractivity contribution in [1.82, 2.24) is 9.29 Å². The topological polar surface area (TPSA) is 102 Å². The highest BCUT2D eigenvalue weighted by atomic mass is 32.2.